The zero-order valence-electron chi connectivity index (χ0n) is 19.3. The number of carboxylic acid groups (broad SMARTS) is 1. The summed E-state index contributed by atoms with van der Waals surface area (Å²) in [4.78, 5) is 33.0. The van der Waals surface area contributed by atoms with E-state index in [0.29, 0.717) is 29.1 Å². The largest absolute Gasteiger partial charge is 0.508 e. The number of H-pyrrole nitrogens is 1. The van der Waals surface area contributed by atoms with Crippen LogP contribution in [0, 0.1) is 0 Å². The lowest BCUT2D eigenvalue weighted by Crippen LogP contribution is -2.21. The van der Waals surface area contributed by atoms with Crippen LogP contribution < -0.4 is 11.1 Å². The van der Waals surface area contributed by atoms with Gasteiger partial charge in [-0.25, -0.2) is 14.8 Å². The summed E-state index contributed by atoms with van der Waals surface area (Å²) in [6.45, 7) is 1.91. The number of aliphatic hydroxyl groups is 1. The molecule has 7 N–H and O–H groups in total. The highest BCUT2D eigenvalue weighted by Gasteiger charge is 2.38. The van der Waals surface area contributed by atoms with E-state index in [1.807, 2.05) is 25.1 Å². The standard InChI is InChI=1S/C22H21N5O3.C2HF3O2/c1-2-15-13(11-28)4-3-5-17(15)25-18-16(20(23)30)10-24-22-19(18)26-21(27-22)12-6-8-14(29)9-7-12;3-2(4,5)1(6)7/h3-10,28-29H,2,11H2,1H3,(H2,23,30)(H2,24,25,26,27);(H,6,7). The molecule has 0 atom stereocenters. The second-order valence-electron chi connectivity index (χ2n) is 7.62. The smallest absolute Gasteiger partial charge is 0.490 e. The van der Waals surface area contributed by atoms with Crippen LogP contribution in [0.4, 0.5) is 24.5 Å². The highest BCUT2D eigenvalue weighted by Crippen LogP contribution is 2.32. The zero-order chi connectivity index (χ0) is 27.3. The van der Waals surface area contributed by atoms with Gasteiger partial charge < -0.3 is 31.4 Å². The quantitative estimate of drug-likeness (QED) is 0.223. The lowest BCUT2D eigenvalue weighted by atomic mass is 10.0. The van der Waals surface area contributed by atoms with Crippen LogP contribution in [0.25, 0.3) is 22.6 Å². The maximum absolute atomic E-state index is 12.1. The molecular formula is C24H22F3N5O5. The number of hydrogen-bond acceptors (Lipinski definition) is 7. The van der Waals surface area contributed by atoms with Crippen LogP contribution in [0.1, 0.15) is 28.4 Å². The predicted octanol–water partition coefficient (Wildman–Crippen LogP) is 3.86. The Morgan fingerprint density at radius 3 is 2.32 bits per heavy atom. The molecule has 1 amide bonds. The van der Waals surface area contributed by atoms with Crippen LogP contribution in [0.5, 0.6) is 5.75 Å². The summed E-state index contributed by atoms with van der Waals surface area (Å²) in [5.41, 5.74) is 10.5. The van der Waals surface area contributed by atoms with Gasteiger partial charge in [-0.1, -0.05) is 19.1 Å². The van der Waals surface area contributed by atoms with Crippen molar-refractivity contribution in [3.63, 3.8) is 0 Å². The number of hydrogen-bond donors (Lipinski definition) is 6. The first-order valence-electron chi connectivity index (χ1n) is 10.7. The number of aromatic amines is 1. The second kappa shape index (κ2) is 11.0. The van der Waals surface area contributed by atoms with Crippen LogP contribution in [0.2, 0.25) is 0 Å². The molecule has 0 aliphatic heterocycles. The number of amides is 1. The maximum atomic E-state index is 12.1. The number of pyridine rings is 1. The highest BCUT2D eigenvalue weighted by atomic mass is 19.4. The number of aromatic nitrogens is 3. The molecule has 2 heterocycles. The Morgan fingerprint density at radius 1 is 1.14 bits per heavy atom. The molecule has 0 unspecified atom stereocenters. The van der Waals surface area contributed by atoms with Crippen LogP contribution in [-0.4, -0.2) is 48.3 Å². The van der Waals surface area contributed by atoms with Gasteiger partial charge in [0.05, 0.1) is 17.9 Å². The van der Waals surface area contributed by atoms with Crippen molar-refractivity contribution in [3.8, 4) is 17.1 Å². The molecular weight excluding hydrogens is 495 g/mol. The number of phenolic OH excluding ortho intramolecular Hbond substituents is 1. The predicted molar refractivity (Wildman–Crippen MR) is 128 cm³/mol. The summed E-state index contributed by atoms with van der Waals surface area (Å²) < 4.78 is 31.7. The number of nitrogens with two attached hydrogens (primary N) is 1. The number of primary amides is 1. The van der Waals surface area contributed by atoms with E-state index in [1.54, 1.807) is 24.3 Å². The minimum atomic E-state index is -5.08. The number of rotatable bonds is 6. The average molecular weight is 517 g/mol. The summed E-state index contributed by atoms with van der Waals surface area (Å²) in [7, 11) is 0. The van der Waals surface area contributed by atoms with E-state index in [9.17, 15) is 28.2 Å². The normalized spacial score (nSPS) is 11.1. The first kappa shape index (κ1) is 26.9. The Morgan fingerprint density at radius 2 is 1.78 bits per heavy atom. The number of aromatic hydroxyl groups is 1. The molecule has 0 spiro atoms. The van der Waals surface area contributed by atoms with Crippen molar-refractivity contribution in [1.29, 1.82) is 0 Å². The molecule has 10 nitrogen and oxygen atoms in total. The van der Waals surface area contributed by atoms with Crippen LogP contribution in [-0.2, 0) is 17.8 Å². The van der Waals surface area contributed by atoms with Crippen molar-refractivity contribution in [2.45, 2.75) is 26.1 Å². The van der Waals surface area contributed by atoms with E-state index < -0.39 is 18.1 Å². The summed E-state index contributed by atoms with van der Waals surface area (Å²) in [5.74, 6) is -2.69. The number of nitrogens with one attached hydrogen (secondary N) is 2. The zero-order valence-corrected chi connectivity index (χ0v) is 19.3. The molecule has 0 saturated heterocycles. The van der Waals surface area contributed by atoms with Crippen molar-refractivity contribution in [3.05, 3.63) is 65.4 Å². The number of carbonyl (C=O) groups excluding carboxylic acids is 1. The number of aliphatic carboxylic acids is 1. The number of aliphatic hydroxyl groups excluding tert-OH is 1. The van der Waals surface area contributed by atoms with Gasteiger partial charge in [0.1, 0.15) is 17.1 Å². The lowest BCUT2D eigenvalue weighted by Gasteiger charge is -2.16. The van der Waals surface area contributed by atoms with Crippen LogP contribution in [0.3, 0.4) is 0 Å². The third kappa shape index (κ3) is 6.13. The fraction of sp³-hybridized carbons (Fsp3) is 0.167. The summed E-state index contributed by atoms with van der Waals surface area (Å²) in [6, 6.07) is 12.2. The fourth-order valence-corrected chi connectivity index (χ4v) is 3.47. The Kier molecular flexibility index (Phi) is 7.98. The van der Waals surface area contributed by atoms with Gasteiger partial charge in [0.15, 0.2) is 5.65 Å². The van der Waals surface area contributed by atoms with Crippen molar-refractivity contribution < 1.29 is 38.1 Å². The molecule has 0 aliphatic rings. The molecule has 0 aliphatic carbocycles. The monoisotopic (exact) mass is 517 g/mol. The molecule has 13 heteroatoms. The third-order valence-electron chi connectivity index (χ3n) is 5.22. The first-order valence-corrected chi connectivity index (χ1v) is 10.7. The minimum absolute atomic E-state index is 0.0828. The van der Waals surface area contributed by atoms with Crippen LogP contribution >= 0.6 is 0 Å². The minimum Gasteiger partial charge on any atom is -0.508 e. The summed E-state index contributed by atoms with van der Waals surface area (Å²) in [5, 5.41) is 29.6. The van der Waals surface area contributed by atoms with Crippen molar-refractivity contribution in [2.24, 2.45) is 5.73 Å². The molecule has 0 bridgehead atoms. The SMILES string of the molecule is CCc1c(CO)cccc1Nc1c(C(N)=O)cnc2[nH]c(-c3ccc(O)cc3)nc12.O=C(O)C(F)(F)F. The number of carboxylic acids is 1. The number of benzene rings is 2. The van der Waals surface area contributed by atoms with Crippen molar-refractivity contribution in [1.82, 2.24) is 15.0 Å². The Hall–Kier alpha value is -4.65. The summed E-state index contributed by atoms with van der Waals surface area (Å²) >= 11 is 0. The third-order valence-corrected chi connectivity index (χ3v) is 5.22. The van der Waals surface area contributed by atoms with E-state index in [0.717, 1.165) is 22.4 Å². The van der Waals surface area contributed by atoms with Gasteiger partial charge in [-0.3, -0.25) is 4.79 Å². The van der Waals surface area contributed by atoms with Crippen molar-refractivity contribution >= 4 is 34.4 Å². The number of carbonyl (C=O) groups is 2. The highest BCUT2D eigenvalue weighted by molar-refractivity contribution is 6.06. The Bertz CT molecular complexity index is 1440. The summed E-state index contributed by atoms with van der Waals surface area (Å²) in [6.07, 6.45) is -2.98. The van der Waals surface area contributed by atoms with Gasteiger partial charge in [0, 0.05) is 17.4 Å². The number of nitrogens with zero attached hydrogens (tertiary/aromatic N) is 2. The molecule has 2 aromatic heterocycles. The van der Waals surface area contributed by atoms with E-state index in [2.05, 4.69) is 20.3 Å². The molecule has 0 radical (unpaired) electrons. The van der Waals surface area contributed by atoms with E-state index >= 15 is 0 Å². The Balaban J connectivity index is 0.000000479. The Labute approximate surface area is 207 Å². The number of phenols is 1. The van der Waals surface area contributed by atoms with Crippen molar-refractivity contribution in [2.75, 3.05) is 5.32 Å². The molecule has 2 aromatic carbocycles. The number of fused-ring (bicyclic) bond motifs is 1. The van der Waals surface area contributed by atoms with Gasteiger partial charge in [-0.2, -0.15) is 13.2 Å². The molecule has 37 heavy (non-hydrogen) atoms. The number of alkyl halides is 3. The van der Waals surface area contributed by atoms with Gasteiger partial charge in [-0.05, 0) is 47.9 Å². The average Bonchev–Trinajstić information content (AvgIpc) is 3.29. The number of anilines is 2. The number of imidazole rings is 1. The second-order valence-corrected chi connectivity index (χ2v) is 7.62. The molecule has 0 fully saturated rings. The molecule has 4 aromatic rings. The van der Waals surface area contributed by atoms with Crippen LogP contribution in [0.15, 0.2) is 48.7 Å². The lowest BCUT2D eigenvalue weighted by molar-refractivity contribution is -0.192. The fourth-order valence-electron chi connectivity index (χ4n) is 3.47. The topological polar surface area (TPSA) is 174 Å². The molecule has 4 rings (SSSR count). The number of halogens is 3. The van der Waals surface area contributed by atoms with E-state index in [1.165, 1.54) is 6.20 Å². The van der Waals surface area contributed by atoms with Gasteiger partial charge in [0.2, 0.25) is 0 Å². The van der Waals surface area contributed by atoms with E-state index in [-0.39, 0.29) is 17.9 Å². The van der Waals surface area contributed by atoms with Gasteiger partial charge in [0.25, 0.3) is 5.91 Å². The first-order chi connectivity index (χ1) is 17.5. The van der Waals surface area contributed by atoms with Gasteiger partial charge >= 0.3 is 12.1 Å². The van der Waals surface area contributed by atoms with E-state index in [4.69, 9.17) is 15.6 Å². The molecule has 194 valence electrons. The molecule has 0 saturated carbocycles. The van der Waals surface area contributed by atoms with Gasteiger partial charge in [-0.15, -0.1) is 0 Å². The maximum Gasteiger partial charge on any atom is 0.490 e.